The van der Waals surface area contributed by atoms with Crippen LogP contribution in [0.4, 0.5) is 17.6 Å². The van der Waals surface area contributed by atoms with Crippen LogP contribution in [0.15, 0.2) is 42.5 Å². The number of hydrogen-bond donors (Lipinski definition) is 1. The van der Waals surface area contributed by atoms with E-state index in [4.69, 9.17) is 4.74 Å². The molecule has 1 atom stereocenters. The van der Waals surface area contributed by atoms with Gasteiger partial charge in [0.05, 0.1) is 0 Å². The van der Waals surface area contributed by atoms with Gasteiger partial charge in [-0.2, -0.15) is 8.78 Å². The summed E-state index contributed by atoms with van der Waals surface area (Å²) >= 11 is 0. The molecule has 0 saturated heterocycles. The van der Waals surface area contributed by atoms with E-state index in [1.165, 1.54) is 12.1 Å². The Morgan fingerprint density at radius 1 is 0.968 bits per heavy atom. The molecule has 2 aromatic rings. The molecule has 1 N–H and O–H groups in total. The number of alkyl halides is 2. The number of carbonyl (C=O) groups is 3. The number of halogens is 4. The van der Waals surface area contributed by atoms with Crippen LogP contribution in [-0.4, -0.2) is 36.9 Å². The van der Waals surface area contributed by atoms with Gasteiger partial charge in [-0.15, -0.1) is 0 Å². The van der Waals surface area contributed by atoms with Gasteiger partial charge in [-0.25, -0.2) is 13.6 Å². The fourth-order valence-corrected chi connectivity index (χ4v) is 2.56. The quantitative estimate of drug-likeness (QED) is 0.364. The summed E-state index contributed by atoms with van der Waals surface area (Å²) in [5.41, 5.74) is -0.767. The molecule has 2 rings (SSSR count). The highest BCUT2D eigenvalue weighted by atomic mass is 19.3. The zero-order valence-electron chi connectivity index (χ0n) is 16.5. The van der Waals surface area contributed by atoms with Crippen LogP contribution in [-0.2, 0) is 9.53 Å². The summed E-state index contributed by atoms with van der Waals surface area (Å²) in [5, 5.41) is 2.21. The molecule has 2 aromatic carbocycles. The van der Waals surface area contributed by atoms with E-state index in [1.807, 2.05) is 0 Å². The molecule has 0 radical (unpaired) electrons. The maximum absolute atomic E-state index is 13.8. The molecule has 0 saturated carbocycles. The molecule has 0 aromatic heterocycles. The van der Waals surface area contributed by atoms with E-state index in [9.17, 15) is 31.9 Å². The van der Waals surface area contributed by atoms with E-state index in [1.54, 1.807) is 13.8 Å². The van der Waals surface area contributed by atoms with Gasteiger partial charge in [0.15, 0.2) is 12.4 Å². The Morgan fingerprint density at radius 2 is 1.55 bits per heavy atom. The first-order valence-corrected chi connectivity index (χ1v) is 9.09. The highest BCUT2D eigenvalue weighted by Gasteiger charge is 2.29. The molecular formula is C21H19F4NO5. The Hall–Kier alpha value is -3.43. The molecule has 0 heterocycles. The van der Waals surface area contributed by atoms with Crippen molar-refractivity contribution in [3.05, 3.63) is 65.2 Å². The first-order chi connectivity index (χ1) is 14.6. The number of amides is 1. The van der Waals surface area contributed by atoms with E-state index in [0.29, 0.717) is 0 Å². The maximum Gasteiger partial charge on any atom is 0.387 e. The Kier molecular flexibility index (Phi) is 8.12. The van der Waals surface area contributed by atoms with Crippen LogP contribution in [0.3, 0.4) is 0 Å². The van der Waals surface area contributed by atoms with Crippen LogP contribution in [0.25, 0.3) is 0 Å². The Bertz CT molecular complexity index is 927. The third-order valence-electron chi connectivity index (χ3n) is 4.14. The summed E-state index contributed by atoms with van der Waals surface area (Å²) in [7, 11) is 0. The number of rotatable bonds is 9. The molecule has 0 spiro atoms. The molecule has 0 bridgehead atoms. The molecule has 6 nitrogen and oxygen atoms in total. The van der Waals surface area contributed by atoms with Crippen molar-refractivity contribution in [1.29, 1.82) is 0 Å². The minimum atomic E-state index is -3.01. The molecule has 0 aliphatic rings. The van der Waals surface area contributed by atoms with Crippen LogP contribution in [0.2, 0.25) is 0 Å². The monoisotopic (exact) mass is 441 g/mol. The number of nitrogens with one attached hydrogen (secondary N) is 1. The predicted octanol–water partition coefficient (Wildman–Crippen LogP) is 3.75. The third kappa shape index (κ3) is 6.53. The molecule has 0 aliphatic carbocycles. The molecule has 31 heavy (non-hydrogen) atoms. The van der Waals surface area contributed by atoms with Crippen molar-refractivity contribution in [1.82, 2.24) is 5.32 Å². The molecule has 10 heteroatoms. The van der Waals surface area contributed by atoms with Gasteiger partial charge in [-0.1, -0.05) is 19.9 Å². The van der Waals surface area contributed by atoms with E-state index < -0.39 is 60.0 Å². The van der Waals surface area contributed by atoms with E-state index in [-0.39, 0.29) is 11.3 Å². The van der Waals surface area contributed by atoms with Crippen molar-refractivity contribution in [3.63, 3.8) is 0 Å². The second-order valence-corrected chi connectivity index (χ2v) is 6.73. The number of benzene rings is 2. The van der Waals surface area contributed by atoms with Gasteiger partial charge in [-0.3, -0.25) is 9.59 Å². The van der Waals surface area contributed by atoms with Gasteiger partial charge in [0.1, 0.15) is 29.0 Å². The largest absolute Gasteiger partial charge is 0.456 e. The third-order valence-corrected chi connectivity index (χ3v) is 4.14. The van der Waals surface area contributed by atoms with Gasteiger partial charge in [0.25, 0.3) is 5.91 Å². The summed E-state index contributed by atoms with van der Waals surface area (Å²) in [6, 6.07) is 6.36. The van der Waals surface area contributed by atoms with E-state index in [2.05, 4.69) is 10.1 Å². The van der Waals surface area contributed by atoms with Crippen LogP contribution >= 0.6 is 0 Å². The molecule has 0 fully saturated rings. The lowest BCUT2D eigenvalue weighted by Crippen LogP contribution is -2.46. The summed E-state index contributed by atoms with van der Waals surface area (Å²) in [4.78, 5) is 36.8. The highest BCUT2D eigenvalue weighted by Crippen LogP contribution is 2.16. The Labute approximate surface area is 175 Å². The SMILES string of the molecule is CC(C)[C@H](NC(=O)c1c(F)cccc1F)C(=O)OCC(=O)c1ccc(OC(F)F)cc1. The average Bonchev–Trinajstić information content (AvgIpc) is 2.69. The lowest BCUT2D eigenvalue weighted by atomic mass is 10.0. The highest BCUT2D eigenvalue weighted by molar-refractivity contribution is 5.99. The van der Waals surface area contributed by atoms with Gasteiger partial charge in [0, 0.05) is 5.56 Å². The number of Topliss-reactive ketones (excluding diaryl/α,β-unsaturated/α-hetero) is 1. The lowest BCUT2D eigenvalue weighted by molar-refractivity contribution is -0.145. The molecule has 0 unspecified atom stereocenters. The minimum Gasteiger partial charge on any atom is -0.456 e. The number of ether oxygens (including phenoxy) is 2. The van der Waals surface area contributed by atoms with E-state index in [0.717, 1.165) is 30.3 Å². The average molecular weight is 441 g/mol. The second kappa shape index (κ2) is 10.6. The fraction of sp³-hybridized carbons (Fsp3) is 0.286. The van der Waals surface area contributed by atoms with Crippen LogP contribution in [0.1, 0.15) is 34.6 Å². The van der Waals surface area contributed by atoms with Crippen LogP contribution < -0.4 is 10.1 Å². The van der Waals surface area contributed by atoms with Crippen molar-refractivity contribution in [2.24, 2.45) is 5.92 Å². The van der Waals surface area contributed by atoms with Crippen LogP contribution in [0.5, 0.6) is 5.75 Å². The molecule has 166 valence electrons. The number of carbonyl (C=O) groups excluding carboxylic acids is 3. The van der Waals surface area contributed by atoms with Gasteiger partial charge in [0.2, 0.25) is 0 Å². The Balaban J connectivity index is 2.01. The van der Waals surface area contributed by atoms with Crippen molar-refractivity contribution in [2.45, 2.75) is 26.5 Å². The summed E-state index contributed by atoms with van der Waals surface area (Å²) in [5.74, 6) is -5.62. The van der Waals surface area contributed by atoms with Gasteiger partial charge >= 0.3 is 12.6 Å². The molecule has 0 aliphatic heterocycles. The van der Waals surface area contributed by atoms with Crippen LogP contribution in [0, 0.1) is 17.6 Å². The topological polar surface area (TPSA) is 81.7 Å². The first-order valence-electron chi connectivity index (χ1n) is 9.09. The number of esters is 1. The number of hydrogen-bond acceptors (Lipinski definition) is 5. The Morgan fingerprint density at radius 3 is 2.06 bits per heavy atom. The molecular weight excluding hydrogens is 422 g/mol. The zero-order valence-corrected chi connectivity index (χ0v) is 16.5. The second-order valence-electron chi connectivity index (χ2n) is 6.73. The van der Waals surface area contributed by atoms with Crippen molar-refractivity contribution < 1.29 is 41.4 Å². The molecule has 1 amide bonds. The zero-order chi connectivity index (χ0) is 23.1. The summed E-state index contributed by atoms with van der Waals surface area (Å²) in [6.45, 7) is -0.578. The first kappa shape index (κ1) is 23.8. The fourth-order valence-electron chi connectivity index (χ4n) is 2.56. The lowest BCUT2D eigenvalue weighted by Gasteiger charge is -2.21. The van der Waals surface area contributed by atoms with Gasteiger partial charge < -0.3 is 14.8 Å². The normalized spacial score (nSPS) is 11.9. The maximum atomic E-state index is 13.8. The number of ketones is 1. The van der Waals surface area contributed by atoms with Crippen molar-refractivity contribution in [3.8, 4) is 5.75 Å². The smallest absolute Gasteiger partial charge is 0.387 e. The van der Waals surface area contributed by atoms with E-state index >= 15 is 0 Å². The summed E-state index contributed by atoms with van der Waals surface area (Å²) in [6.07, 6.45) is 0. The predicted molar refractivity (Wildman–Crippen MR) is 101 cm³/mol. The van der Waals surface area contributed by atoms with Gasteiger partial charge in [-0.05, 0) is 42.3 Å². The summed E-state index contributed by atoms with van der Waals surface area (Å²) < 4.78 is 61.0. The standard InChI is InChI=1S/C21H19F4NO5/c1-11(2)18(26-19(28)17-14(22)4-3-5-15(17)23)20(29)30-10-16(27)12-6-8-13(9-7-12)31-21(24)25/h3-9,11,18,21H,10H2,1-2H3,(H,26,28)/t18-/m0/s1. The van der Waals surface area contributed by atoms with Crippen molar-refractivity contribution in [2.75, 3.05) is 6.61 Å². The minimum absolute atomic E-state index is 0.0768. The van der Waals surface area contributed by atoms with Crippen molar-refractivity contribution >= 4 is 17.7 Å².